The fraction of sp³-hybridized carbons (Fsp3) is 0.286. The Bertz CT molecular complexity index is 1270. The van der Waals surface area contributed by atoms with Crippen LogP contribution in [0.25, 0.3) is 11.1 Å². The van der Waals surface area contributed by atoms with Gasteiger partial charge >= 0.3 is 0 Å². The lowest BCUT2D eigenvalue weighted by Gasteiger charge is -2.39. The summed E-state index contributed by atoms with van der Waals surface area (Å²) in [6.07, 6.45) is 6.09. The summed E-state index contributed by atoms with van der Waals surface area (Å²) < 4.78 is 25.4. The summed E-state index contributed by atoms with van der Waals surface area (Å²) in [6, 6.07) is 23.4. The molecule has 3 aromatic carbocycles. The smallest absolute Gasteiger partial charge is 0.176 e. The molecule has 2 atom stereocenters. The lowest BCUT2D eigenvalue weighted by Crippen LogP contribution is -2.27. The van der Waals surface area contributed by atoms with Crippen LogP contribution < -0.4 is 5.73 Å². The van der Waals surface area contributed by atoms with Gasteiger partial charge in [-0.1, -0.05) is 67.1 Å². The summed E-state index contributed by atoms with van der Waals surface area (Å²) in [5.74, 6) is 0.334. The van der Waals surface area contributed by atoms with Crippen molar-refractivity contribution in [3.05, 3.63) is 96.4 Å². The van der Waals surface area contributed by atoms with E-state index in [-0.39, 0.29) is 17.2 Å². The molecule has 0 amide bonds. The van der Waals surface area contributed by atoms with Crippen molar-refractivity contribution < 1.29 is 8.42 Å². The number of nitrogen functional groups attached to an aromatic ring is 1. The van der Waals surface area contributed by atoms with Crippen LogP contribution in [-0.4, -0.2) is 20.5 Å². The van der Waals surface area contributed by atoms with Crippen LogP contribution in [0, 0.1) is 17.7 Å². The van der Waals surface area contributed by atoms with E-state index >= 15 is 0 Å². The minimum atomic E-state index is -3.38. The fourth-order valence-corrected chi connectivity index (χ4v) is 6.07. The van der Waals surface area contributed by atoms with Gasteiger partial charge in [0.25, 0.3) is 0 Å². The third-order valence-electron chi connectivity index (χ3n) is 6.72. The molecule has 3 N–H and O–H groups in total. The van der Waals surface area contributed by atoms with Crippen LogP contribution in [0.5, 0.6) is 0 Å². The number of hydrogen-bond donors (Lipinski definition) is 2. The van der Waals surface area contributed by atoms with Gasteiger partial charge in [0.15, 0.2) is 9.84 Å². The molecular formula is C28H31N2O2S. The summed E-state index contributed by atoms with van der Waals surface area (Å²) in [5.41, 5.74) is 10.1. The molecule has 171 valence electrons. The third kappa shape index (κ3) is 5.36. The summed E-state index contributed by atoms with van der Waals surface area (Å²) in [5, 5.41) is 7.71. The molecule has 5 heteroatoms. The number of nitrogens with one attached hydrogen (secondary N) is 1. The number of rotatable bonds is 6. The van der Waals surface area contributed by atoms with Crippen molar-refractivity contribution in [3.8, 4) is 11.1 Å². The van der Waals surface area contributed by atoms with E-state index in [1.165, 1.54) is 6.26 Å². The zero-order valence-corrected chi connectivity index (χ0v) is 19.9. The summed E-state index contributed by atoms with van der Waals surface area (Å²) in [7, 11) is -3.38. The second-order valence-electron chi connectivity index (χ2n) is 9.48. The second-order valence-corrected chi connectivity index (χ2v) is 11.5. The van der Waals surface area contributed by atoms with Crippen LogP contribution in [0.15, 0.2) is 77.7 Å². The highest BCUT2D eigenvalue weighted by Crippen LogP contribution is 2.46. The Morgan fingerprint density at radius 3 is 2.55 bits per heavy atom. The molecule has 0 bridgehead atoms. The molecule has 0 saturated heterocycles. The molecule has 1 radical (unpaired) electrons. The lowest BCUT2D eigenvalue weighted by molar-refractivity contribution is 0.226. The summed E-state index contributed by atoms with van der Waals surface area (Å²) in [4.78, 5) is 0.389. The lowest BCUT2D eigenvalue weighted by atomic mass is 9.66. The van der Waals surface area contributed by atoms with Gasteiger partial charge in [0.2, 0.25) is 0 Å². The molecular weight excluding hydrogens is 428 g/mol. The highest BCUT2D eigenvalue weighted by molar-refractivity contribution is 7.90. The first-order valence-electron chi connectivity index (χ1n) is 11.3. The van der Waals surface area contributed by atoms with E-state index in [9.17, 15) is 8.42 Å². The first-order chi connectivity index (χ1) is 15.6. The van der Waals surface area contributed by atoms with Crippen LogP contribution in [0.2, 0.25) is 0 Å². The molecule has 4 nitrogen and oxygen atoms in total. The van der Waals surface area contributed by atoms with Crippen molar-refractivity contribution in [1.29, 1.82) is 5.41 Å². The Labute approximate surface area is 197 Å². The van der Waals surface area contributed by atoms with Crippen LogP contribution >= 0.6 is 0 Å². The topological polar surface area (TPSA) is 84.0 Å². The van der Waals surface area contributed by atoms with E-state index in [0.29, 0.717) is 4.90 Å². The van der Waals surface area contributed by atoms with Crippen LogP contribution in [0.4, 0.5) is 0 Å². The molecule has 2 unspecified atom stereocenters. The van der Waals surface area contributed by atoms with Gasteiger partial charge in [0, 0.05) is 17.4 Å². The Balaban J connectivity index is 1.63. The van der Waals surface area contributed by atoms with Gasteiger partial charge in [-0.2, -0.15) is 0 Å². The summed E-state index contributed by atoms with van der Waals surface area (Å²) >= 11 is 0. The van der Waals surface area contributed by atoms with Crippen molar-refractivity contribution in [2.45, 2.75) is 42.9 Å². The maximum atomic E-state index is 12.7. The highest BCUT2D eigenvalue weighted by Gasteiger charge is 2.33. The van der Waals surface area contributed by atoms with Crippen LogP contribution in [0.3, 0.4) is 0 Å². The van der Waals surface area contributed by atoms with E-state index in [0.717, 1.165) is 59.9 Å². The number of sulfone groups is 1. The van der Waals surface area contributed by atoms with Crippen molar-refractivity contribution in [2.24, 2.45) is 11.1 Å². The van der Waals surface area contributed by atoms with Crippen molar-refractivity contribution in [3.63, 3.8) is 0 Å². The fourth-order valence-electron chi connectivity index (χ4n) is 5.13. The Morgan fingerprint density at radius 1 is 1.09 bits per heavy atom. The third-order valence-corrected chi connectivity index (χ3v) is 7.85. The van der Waals surface area contributed by atoms with Crippen molar-refractivity contribution in [1.82, 2.24) is 0 Å². The maximum Gasteiger partial charge on any atom is 0.176 e. The van der Waals surface area contributed by atoms with E-state index in [1.807, 2.05) is 60.7 Å². The predicted molar refractivity (Wildman–Crippen MR) is 135 cm³/mol. The molecule has 1 aliphatic carbocycles. The Kier molecular flexibility index (Phi) is 6.44. The van der Waals surface area contributed by atoms with E-state index in [2.05, 4.69) is 19.1 Å². The Morgan fingerprint density at radius 2 is 1.85 bits per heavy atom. The predicted octanol–water partition coefficient (Wildman–Crippen LogP) is 5.76. The molecule has 1 fully saturated rings. The first-order valence-corrected chi connectivity index (χ1v) is 13.2. The minimum absolute atomic E-state index is 0.0725. The van der Waals surface area contributed by atoms with Gasteiger partial charge < -0.3 is 5.73 Å². The van der Waals surface area contributed by atoms with Crippen molar-refractivity contribution in [2.75, 3.05) is 6.26 Å². The van der Waals surface area contributed by atoms with E-state index < -0.39 is 9.84 Å². The van der Waals surface area contributed by atoms with Gasteiger partial charge in [-0.05, 0) is 72.8 Å². The number of nitrogens with two attached hydrogens (primary N) is 1. The molecule has 0 spiro atoms. The molecule has 1 aliphatic rings. The molecule has 0 heterocycles. The average molecular weight is 460 g/mol. The number of amidine groups is 1. The molecule has 3 aromatic rings. The normalized spacial score (nSPS) is 21.0. The molecule has 4 rings (SSSR count). The zero-order chi connectivity index (χ0) is 23.6. The average Bonchev–Trinajstić information content (AvgIpc) is 2.78. The van der Waals surface area contributed by atoms with Crippen molar-refractivity contribution >= 4 is 15.7 Å². The highest BCUT2D eigenvalue weighted by atomic mass is 32.2. The van der Waals surface area contributed by atoms with Gasteiger partial charge in [-0.3, -0.25) is 5.41 Å². The van der Waals surface area contributed by atoms with Gasteiger partial charge in [-0.15, -0.1) is 0 Å². The zero-order valence-electron chi connectivity index (χ0n) is 19.1. The quantitative estimate of drug-likeness (QED) is 0.363. The van der Waals surface area contributed by atoms with Gasteiger partial charge in [0.05, 0.1) is 4.90 Å². The molecule has 0 aliphatic heterocycles. The largest absolute Gasteiger partial charge is 0.384 e. The first kappa shape index (κ1) is 23.2. The Hall–Kier alpha value is -2.92. The molecule has 1 saturated carbocycles. The number of hydrogen-bond acceptors (Lipinski definition) is 3. The van der Waals surface area contributed by atoms with E-state index in [1.54, 1.807) is 0 Å². The summed E-state index contributed by atoms with van der Waals surface area (Å²) in [6.45, 7) is 4.61. The van der Waals surface area contributed by atoms with Gasteiger partial charge in [0.1, 0.15) is 5.84 Å². The molecule has 33 heavy (non-hydrogen) atoms. The second kappa shape index (κ2) is 9.14. The SMILES string of the molecule is [CH2]C1(Cc2cccc(C(=N)N)c2)CCCC(c2ccc(-c3ccccc3)c(S(C)(=O)=O)c2)C1. The van der Waals surface area contributed by atoms with E-state index in [4.69, 9.17) is 11.1 Å². The van der Waals surface area contributed by atoms with Crippen LogP contribution in [0.1, 0.15) is 48.3 Å². The minimum Gasteiger partial charge on any atom is -0.384 e. The molecule has 0 aromatic heterocycles. The van der Waals surface area contributed by atoms with Crippen LogP contribution in [-0.2, 0) is 16.3 Å². The maximum absolute atomic E-state index is 12.7. The van der Waals surface area contributed by atoms with Gasteiger partial charge in [-0.25, -0.2) is 8.42 Å². The standard InChI is InChI=1S/C28H31N2O2S/c1-28(18-20-8-6-11-23(16-20)27(29)30)15-7-12-24(19-28)22-13-14-25(21-9-4-3-5-10-21)26(17-22)33(2,31)32/h3-6,8-11,13-14,16-17,24H,1,7,12,15,18-19H2,2H3,(H3,29,30). The monoisotopic (exact) mass is 459 g/mol. The number of benzene rings is 3.